The number of anilines is 1. The average molecular weight is 261 g/mol. The number of aliphatic carboxylic acids is 1. The van der Waals surface area contributed by atoms with Gasteiger partial charge in [-0.05, 0) is 34.2 Å². The first-order valence-electron chi connectivity index (χ1n) is 5.40. The number of rotatable bonds is 2. The van der Waals surface area contributed by atoms with E-state index in [4.69, 9.17) is 5.11 Å². The zero-order valence-corrected chi connectivity index (χ0v) is 9.49. The Kier molecular flexibility index (Phi) is 2.48. The van der Waals surface area contributed by atoms with Gasteiger partial charge in [0.15, 0.2) is 0 Å². The molecule has 1 aliphatic rings. The minimum Gasteiger partial charge on any atom is -0.477 e. The van der Waals surface area contributed by atoms with Crippen molar-refractivity contribution in [2.24, 2.45) is 0 Å². The summed E-state index contributed by atoms with van der Waals surface area (Å²) in [5, 5.41) is 22.6. The van der Waals surface area contributed by atoms with Gasteiger partial charge in [-0.3, -0.25) is 0 Å². The van der Waals surface area contributed by atoms with Gasteiger partial charge in [-0.2, -0.15) is 4.68 Å². The Balaban J connectivity index is 2.11. The van der Waals surface area contributed by atoms with Gasteiger partial charge in [-0.15, -0.1) is 0 Å². The van der Waals surface area contributed by atoms with Gasteiger partial charge in [0.05, 0.1) is 0 Å². The fourth-order valence-electron chi connectivity index (χ4n) is 1.91. The minimum atomic E-state index is -1.13. The maximum Gasteiger partial charge on any atom is 0.352 e. The standard InChI is InChI=1S/C11H8FN5O2/c12-7-3-1-2-6(4-7)9-5-8(10(18)19)13-11-14-15-16-17(9)11/h1-5,9H,(H,18,19)(H,13,14,16). The number of fused-ring (bicyclic) bond motifs is 1. The molecule has 1 aliphatic heterocycles. The fourth-order valence-corrected chi connectivity index (χ4v) is 1.91. The normalized spacial score (nSPS) is 17.3. The highest BCUT2D eigenvalue weighted by Crippen LogP contribution is 2.27. The molecular weight excluding hydrogens is 253 g/mol. The molecule has 96 valence electrons. The molecule has 0 radical (unpaired) electrons. The number of tetrazole rings is 1. The molecule has 1 aromatic carbocycles. The van der Waals surface area contributed by atoms with Crippen molar-refractivity contribution < 1.29 is 14.3 Å². The molecule has 2 N–H and O–H groups in total. The number of carbonyl (C=O) groups is 1. The van der Waals surface area contributed by atoms with Crippen molar-refractivity contribution >= 4 is 11.9 Å². The van der Waals surface area contributed by atoms with Crippen molar-refractivity contribution in [3.05, 3.63) is 47.4 Å². The van der Waals surface area contributed by atoms with Crippen LogP contribution in [0.15, 0.2) is 36.0 Å². The van der Waals surface area contributed by atoms with Gasteiger partial charge in [0.25, 0.3) is 0 Å². The second-order valence-electron chi connectivity index (χ2n) is 3.96. The maximum atomic E-state index is 13.3. The summed E-state index contributed by atoms with van der Waals surface area (Å²) in [5.74, 6) is -1.33. The van der Waals surface area contributed by atoms with E-state index in [1.54, 1.807) is 12.1 Å². The zero-order valence-electron chi connectivity index (χ0n) is 9.49. The largest absolute Gasteiger partial charge is 0.477 e. The summed E-state index contributed by atoms with van der Waals surface area (Å²) in [6.07, 6.45) is 1.43. The van der Waals surface area contributed by atoms with Crippen molar-refractivity contribution in [1.82, 2.24) is 20.2 Å². The fraction of sp³-hybridized carbons (Fsp3) is 0.0909. The molecule has 7 nitrogen and oxygen atoms in total. The van der Waals surface area contributed by atoms with Crippen LogP contribution >= 0.6 is 0 Å². The molecule has 3 rings (SSSR count). The highest BCUT2D eigenvalue weighted by atomic mass is 19.1. The van der Waals surface area contributed by atoms with Crippen LogP contribution in [0, 0.1) is 5.82 Å². The van der Waals surface area contributed by atoms with E-state index in [0.717, 1.165) is 0 Å². The van der Waals surface area contributed by atoms with Crippen LogP contribution in [0.5, 0.6) is 0 Å². The summed E-state index contributed by atoms with van der Waals surface area (Å²) in [7, 11) is 0. The second-order valence-corrected chi connectivity index (χ2v) is 3.96. The smallest absolute Gasteiger partial charge is 0.352 e. The van der Waals surface area contributed by atoms with Gasteiger partial charge in [0.1, 0.15) is 17.6 Å². The van der Waals surface area contributed by atoms with E-state index in [0.29, 0.717) is 5.56 Å². The van der Waals surface area contributed by atoms with Gasteiger partial charge in [0.2, 0.25) is 5.95 Å². The van der Waals surface area contributed by atoms with Crippen LogP contribution in [-0.4, -0.2) is 31.3 Å². The van der Waals surface area contributed by atoms with Gasteiger partial charge in [0, 0.05) is 0 Å². The lowest BCUT2D eigenvalue weighted by molar-refractivity contribution is -0.132. The summed E-state index contributed by atoms with van der Waals surface area (Å²) in [6, 6.07) is 5.29. The molecular formula is C11H8FN5O2. The van der Waals surface area contributed by atoms with Crippen molar-refractivity contribution in [3.63, 3.8) is 0 Å². The van der Waals surface area contributed by atoms with Gasteiger partial charge in [-0.25, -0.2) is 9.18 Å². The van der Waals surface area contributed by atoms with Crippen LogP contribution in [0.2, 0.25) is 0 Å². The van der Waals surface area contributed by atoms with Crippen LogP contribution in [0.25, 0.3) is 0 Å². The molecule has 2 heterocycles. The second kappa shape index (κ2) is 4.16. The van der Waals surface area contributed by atoms with Gasteiger partial charge < -0.3 is 10.4 Å². The molecule has 0 amide bonds. The molecule has 1 unspecified atom stereocenters. The van der Waals surface area contributed by atoms with Crippen LogP contribution in [-0.2, 0) is 4.79 Å². The molecule has 8 heteroatoms. The van der Waals surface area contributed by atoms with Crippen molar-refractivity contribution in [2.75, 3.05) is 5.32 Å². The minimum absolute atomic E-state index is 0.0449. The number of carboxylic acids is 1. The van der Waals surface area contributed by atoms with Gasteiger partial charge in [-0.1, -0.05) is 17.2 Å². The quantitative estimate of drug-likeness (QED) is 0.830. The molecule has 2 aromatic rings. The van der Waals surface area contributed by atoms with Crippen LogP contribution < -0.4 is 5.32 Å². The molecule has 0 spiro atoms. The predicted molar refractivity (Wildman–Crippen MR) is 61.7 cm³/mol. The molecule has 0 saturated heterocycles. The number of hydrogen-bond donors (Lipinski definition) is 2. The van der Waals surface area contributed by atoms with Crippen LogP contribution in [0.3, 0.4) is 0 Å². The van der Waals surface area contributed by atoms with E-state index in [1.165, 1.54) is 22.9 Å². The summed E-state index contributed by atoms with van der Waals surface area (Å²) in [5.41, 5.74) is 0.519. The summed E-state index contributed by atoms with van der Waals surface area (Å²) >= 11 is 0. The molecule has 0 saturated carbocycles. The number of aromatic nitrogens is 4. The Bertz CT molecular complexity index is 681. The summed E-state index contributed by atoms with van der Waals surface area (Å²) in [6.45, 7) is 0. The highest BCUT2D eigenvalue weighted by Gasteiger charge is 2.26. The van der Waals surface area contributed by atoms with Crippen molar-refractivity contribution in [3.8, 4) is 0 Å². The van der Waals surface area contributed by atoms with E-state index >= 15 is 0 Å². The molecule has 19 heavy (non-hydrogen) atoms. The molecule has 0 fully saturated rings. The Morgan fingerprint density at radius 1 is 1.47 bits per heavy atom. The zero-order chi connectivity index (χ0) is 13.4. The number of hydrogen-bond acceptors (Lipinski definition) is 5. The Labute approximate surface area is 106 Å². The van der Waals surface area contributed by atoms with E-state index in [1.807, 2.05) is 0 Å². The number of carboxylic acid groups (broad SMARTS) is 1. The lowest BCUT2D eigenvalue weighted by Gasteiger charge is -2.21. The van der Waals surface area contributed by atoms with E-state index in [9.17, 15) is 9.18 Å². The number of benzene rings is 1. The van der Waals surface area contributed by atoms with Crippen LogP contribution in [0.1, 0.15) is 11.6 Å². The first-order chi connectivity index (χ1) is 9.15. The number of halogens is 1. The number of allylic oxidation sites excluding steroid dienone is 1. The lowest BCUT2D eigenvalue weighted by Crippen LogP contribution is -2.24. The molecule has 0 aliphatic carbocycles. The van der Waals surface area contributed by atoms with Crippen molar-refractivity contribution in [2.45, 2.75) is 6.04 Å². The van der Waals surface area contributed by atoms with Gasteiger partial charge >= 0.3 is 5.97 Å². The summed E-state index contributed by atoms with van der Waals surface area (Å²) in [4.78, 5) is 11.0. The predicted octanol–water partition coefficient (Wildman–Crippen LogP) is 0.796. The molecule has 1 atom stereocenters. The molecule has 1 aromatic heterocycles. The van der Waals surface area contributed by atoms with E-state index in [2.05, 4.69) is 20.8 Å². The van der Waals surface area contributed by atoms with E-state index < -0.39 is 17.8 Å². The summed E-state index contributed by atoms with van der Waals surface area (Å²) < 4.78 is 14.7. The van der Waals surface area contributed by atoms with Crippen molar-refractivity contribution in [1.29, 1.82) is 0 Å². The third-order valence-electron chi connectivity index (χ3n) is 2.75. The SMILES string of the molecule is O=C(O)C1=CC(c2cccc(F)c2)n2nnnc2N1. The third-order valence-corrected chi connectivity index (χ3v) is 2.75. The average Bonchev–Trinajstić information content (AvgIpc) is 2.85. The highest BCUT2D eigenvalue weighted by molar-refractivity contribution is 5.90. The molecule has 0 bridgehead atoms. The first-order valence-corrected chi connectivity index (χ1v) is 5.40. The Morgan fingerprint density at radius 2 is 2.32 bits per heavy atom. The first kappa shape index (κ1) is 11.3. The monoisotopic (exact) mass is 261 g/mol. The van der Waals surface area contributed by atoms with E-state index in [-0.39, 0.29) is 11.6 Å². The third kappa shape index (κ3) is 1.92. The Morgan fingerprint density at radius 3 is 3.05 bits per heavy atom. The number of nitrogens with zero attached hydrogens (tertiary/aromatic N) is 4. The number of nitrogens with one attached hydrogen (secondary N) is 1. The maximum absolute atomic E-state index is 13.3. The lowest BCUT2D eigenvalue weighted by atomic mass is 10.0. The van der Waals surface area contributed by atoms with Crippen LogP contribution in [0.4, 0.5) is 10.3 Å². The Hall–Kier alpha value is -2.77. The topological polar surface area (TPSA) is 92.9 Å².